The van der Waals surface area contributed by atoms with E-state index in [0.717, 1.165) is 18.4 Å². The number of amides is 3. The van der Waals surface area contributed by atoms with E-state index in [1.807, 2.05) is 39.8 Å². The lowest BCUT2D eigenvalue weighted by atomic mass is 9.80. The van der Waals surface area contributed by atoms with Crippen molar-refractivity contribution in [1.29, 1.82) is 0 Å². The molecule has 1 aliphatic heterocycles. The third-order valence-electron chi connectivity index (χ3n) is 9.28. The zero-order valence-corrected chi connectivity index (χ0v) is 31.1. The van der Waals surface area contributed by atoms with E-state index in [1.54, 1.807) is 33.0 Å². The van der Waals surface area contributed by atoms with E-state index in [-0.39, 0.29) is 49.1 Å². The number of nitrogens with two attached hydrogens (primary N) is 1. The SMILES string of the molecule is COCCCOc1cc(C[C@@H](C[C@H]2[C@H](C[C@H](C(=O)NCC(C)(C)C(N)=O)C(C)C)OCN2C(=O)OCC[C](C)C)C(C)C)ccc1OC. The van der Waals surface area contributed by atoms with E-state index in [9.17, 15) is 14.4 Å². The molecule has 1 fully saturated rings. The summed E-state index contributed by atoms with van der Waals surface area (Å²) in [4.78, 5) is 40.5. The first-order valence-electron chi connectivity index (χ1n) is 17.3. The van der Waals surface area contributed by atoms with Crippen molar-refractivity contribution >= 4 is 17.9 Å². The monoisotopic (exact) mass is 676 g/mol. The van der Waals surface area contributed by atoms with E-state index >= 15 is 0 Å². The third kappa shape index (κ3) is 12.8. The Balaban J connectivity index is 2.33. The first kappa shape index (κ1) is 41.1. The number of methoxy groups -OCH3 is 2. The smallest absolute Gasteiger partial charge is 0.411 e. The van der Waals surface area contributed by atoms with Crippen molar-refractivity contribution in [3.63, 3.8) is 0 Å². The number of nitrogens with zero attached hydrogens (tertiary/aromatic N) is 1. The van der Waals surface area contributed by atoms with E-state index in [2.05, 4.69) is 25.2 Å². The van der Waals surface area contributed by atoms with Gasteiger partial charge in [-0.1, -0.05) is 47.6 Å². The Kier molecular flexibility index (Phi) is 17.0. The fraction of sp³-hybridized carbons (Fsp3) is 0.730. The van der Waals surface area contributed by atoms with Crippen molar-refractivity contribution in [3.05, 3.63) is 29.7 Å². The van der Waals surface area contributed by atoms with Crippen LogP contribution in [0, 0.1) is 35.0 Å². The van der Waals surface area contributed by atoms with Gasteiger partial charge in [0.2, 0.25) is 11.8 Å². The molecule has 1 aromatic carbocycles. The van der Waals surface area contributed by atoms with Gasteiger partial charge in [-0.15, -0.1) is 0 Å². The number of rotatable bonds is 21. The van der Waals surface area contributed by atoms with Gasteiger partial charge in [-0.05, 0) is 80.9 Å². The van der Waals surface area contributed by atoms with Gasteiger partial charge in [0, 0.05) is 32.6 Å². The maximum absolute atomic E-state index is 13.5. The van der Waals surface area contributed by atoms with Crippen LogP contribution in [-0.4, -0.2) is 82.3 Å². The summed E-state index contributed by atoms with van der Waals surface area (Å²) in [7, 11) is 3.30. The van der Waals surface area contributed by atoms with Crippen LogP contribution in [-0.2, 0) is 30.2 Å². The molecule has 273 valence electrons. The minimum atomic E-state index is -0.876. The zero-order valence-electron chi connectivity index (χ0n) is 31.1. The molecule has 0 spiro atoms. The molecule has 0 aromatic heterocycles. The molecule has 1 aromatic rings. The molecule has 1 radical (unpaired) electrons. The van der Waals surface area contributed by atoms with Crippen molar-refractivity contribution in [3.8, 4) is 11.5 Å². The van der Waals surface area contributed by atoms with Gasteiger partial charge in [-0.2, -0.15) is 0 Å². The molecule has 1 aliphatic rings. The molecule has 0 bridgehead atoms. The number of benzene rings is 1. The van der Waals surface area contributed by atoms with Crippen LogP contribution >= 0.6 is 0 Å². The van der Waals surface area contributed by atoms with Crippen LogP contribution in [0.25, 0.3) is 0 Å². The van der Waals surface area contributed by atoms with Crippen molar-refractivity contribution in [2.24, 2.45) is 34.8 Å². The highest BCUT2D eigenvalue weighted by Crippen LogP contribution is 2.36. The number of carbonyl (C=O) groups excluding carboxylic acids is 3. The maximum atomic E-state index is 13.5. The van der Waals surface area contributed by atoms with E-state index in [1.165, 1.54) is 5.92 Å². The summed E-state index contributed by atoms with van der Waals surface area (Å²) in [6.45, 7) is 17.5. The second-order valence-corrected chi connectivity index (χ2v) is 14.6. The molecule has 11 heteroatoms. The number of hydrogen-bond donors (Lipinski definition) is 2. The van der Waals surface area contributed by atoms with Gasteiger partial charge < -0.3 is 34.7 Å². The van der Waals surface area contributed by atoms with Gasteiger partial charge >= 0.3 is 6.09 Å². The average molecular weight is 677 g/mol. The highest BCUT2D eigenvalue weighted by Gasteiger charge is 2.43. The van der Waals surface area contributed by atoms with Crippen molar-refractivity contribution in [1.82, 2.24) is 10.2 Å². The summed E-state index contributed by atoms with van der Waals surface area (Å²) in [6.07, 6.45) is 2.50. The Bertz CT molecular complexity index is 1160. The predicted octanol–water partition coefficient (Wildman–Crippen LogP) is 5.77. The summed E-state index contributed by atoms with van der Waals surface area (Å²) < 4.78 is 28.8. The lowest BCUT2D eigenvalue weighted by Crippen LogP contribution is -2.46. The number of primary amides is 1. The molecule has 2 rings (SSSR count). The second-order valence-electron chi connectivity index (χ2n) is 14.6. The molecule has 4 atom stereocenters. The molecule has 3 N–H and O–H groups in total. The Labute approximate surface area is 288 Å². The van der Waals surface area contributed by atoms with Crippen LogP contribution in [0.15, 0.2) is 18.2 Å². The maximum Gasteiger partial charge on any atom is 0.411 e. The van der Waals surface area contributed by atoms with Gasteiger partial charge in [0.15, 0.2) is 11.5 Å². The van der Waals surface area contributed by atoms with Crippen LogP contribution in [0.3, 0.4) is 0 Å². The second kappa shape index (κ2) is 19.8. The van der Waals surface area contributed by atoms with E-state index in [4.69, 9.17) is 29.4 Å². The molecule has 11 nitrogen and oxygen atoms in total. The summed E-state index contributed by atoms with van der Waals surface area (Å²) in [5.41, 5.74) is 5.77. The zero-order chi connectivity index (χ0) is 36.0. The first-order chi connectivity index (χ1) is 22.6. The number of ether oxygens (including phenoxy) is 5. The summed E-state index contributed by atoms with van der Waals surface area (Å²) in [6, 6.07) is 5.73. The fourth-order valence-electron chi connectivity index (χ4n) is 5.71. The summed E-state index contributed by atoms with van der Waals surface area (Å²) in [5, 5.41) is 2.94. The lowest BCUT2D eigenvalue weighted by molar-refractivity contribution is -0.130. The average Bonchev–Trinajstić information content (AvgIpc) is 3.42. The van der Waals surface area contributed by atoms with Gasteiger partial charge in [0.05, 0.1) is 37.9 Å². The molecule has 3 amide bonds. The Morgan fingerprint density at radius 3 is 2.31 bits per heavy atom. The number of nitrogens with one attached hydrogen (secondary N) is 1. The Morgan fingerprint density at radius 2 is 1.73 bits per heavy atom. The highest BCUT2D eigenvalue weighted by molar-refractivity contribution is 5.83. The van der Waals surface area contributed by atoms with Gasteiger partial charge in [-0.25, -0.2) is 4.79 Å². The standard InChI is InChI=1S/C37H62N3O8/c1-24(2)14-17-47-36(43)40-23-48-32(21-29(26(5)6)34(41)39-22-37(7,8)35(38)42)30(40)20-28(25(3)4)18-27-12-13-31(45-10)33(19-27)46-16-11-15-44-9/h12-13,19,25-26,28-30,32H,11,14-18,20-23H2,1-10H3,(H2,38,42)(H,39,41)/t28-,29-,30-,32-/m0/s1. The quantitative estimate of drug-likeness (QED) is 0.157. The highest BCUT2D eigenvalue weighted by atomic mass is 16.6. The summed E-state index contributed by atoms with van der Waals surface area (Å²) >= 11 is 0. The molecule has 0 saturated carbocycles. The van der Waals surface area contributed by atoms with Crippen LogP contribution in [0.1, 0.15) is 86.6 Å². The topological polar surface area (TPSA) is 139 Å². The third-order valence-corrected chi connectivity index (χ3v) is 9.28. The van der Waals surface area contributed by atoms with Crippen molar-refractivity contribution in [2.45, 2.75) is 99.6 Å². The number of hydrogen-bond acceptors (Lipinski definition) is 8. The van der Waals surface area contributed by atoms with Gasteiger partial charge in [0.25, 0.3) is 0 Å². The molecule has 0 aliphatic carbocycles. The predicted molar refractivity (Wildman–Crippen MR) is 186 cm³/mol. The van der Waals surface area contributed by atoms with Gasteiger partial charge in [0.1, 0.15) is 6.73 Å². The van der Waals surface area contributed by atoms with E-state index < -0.39 is 23.3 Å². The summed E-state index contributed by atoms with van der Waals surface area (Å²) in [5.74, 6) is 1.97. The van der Waals surface area contributed by atoms with Crippen molar-refractivity contribution in [2.75, 3.05) is 47.3 Å². The first-order valence-corrected chi connectivity index (χ1v) is 17.3. The van der Waals surface area contributed by atoms with Crippen LogP contribution < -0.4 is 20.5 Å². The molecule has 1 saturated heterocycles. The molecular weight excluding hydrogens is 614 g/mol. The largest absolute Gasteiger partial charge is 0.493 e. The molecule has 0 unspecified atom stereocenters. The van der Waals surface area contributed by atoms with Crippen LogP contribution in [0.5, 0.6) is 11.5 Å². The lowest BCUT2D eigenvalue weighted by Gasteiger charge is -2.33. The Hall–Kier alpha value is -3.05. The minimum absolute atomic E-state index is 0.00230. The van der Waals surface area contributed by atoms with Crippen molar-refractivity contribution < 1.29 is 38.1 Å². The van der Waals surface area contributed by atoms with E-state index in [0.29, 0.717) is 50.6 Å². The molecule has 48 heavy (non-hydrogen) atoms. The Morgan fingerprint density at radius 1 is 1.02 bits per heavy atom. The normalized spacial score (nSPS) is 17.9. The van der Waals surface area contributed by atoms with Crippen LogP contribution in [0.2, 0.25) is 0 Å². The van der Waals surface area contributed by atoms with Crippen LogP contribution in [0.4, 0.5) is 4.79 Å². The minimum Gasteiger partial charge on any atom is -0.493 e. The van der Waals surface area contributed by atoms with Gasteiger partial charge in [-0.3, -0.25) is 14.5 Å². The fourth-order valence-corrected chi connectivity index (χ4v) is 5.71. The number of carbonyl (C=O) groups is 3. The molecule has 1 heterocycles. The molecular formula is C37H62N3O8.